The van der Waals surface area contributed by atoms with E-state index in [0.717, 1.165) is 16.7 Å². The average Bonchev–Trinajstić information content (AvgIpc) is 2.74. The third-order valence-corrected chi connectivity index (χ3v) is 2.43. The average molecular weight is 193 g/mol. The first-order valence-corrected chi connectivity index (χ1v) is 4.84. The van der Waals surface area contributed by atoms with Crippen molar-refractivity contribution in [2.45, 2.75) is 0 Å². The van der Waals surface area contributed by atoms with Crippen molar-refractivity contribution in [2.24, 2.45) is 0 Å². The molecular formula is C13H9N2. The molecule has 0 amide bonds. The summed E-state index contributed by atoms with van der Waals surface area (Å²) in [5, 5.41) is 0. The summed E-state index contributed by atoms with van der Waals surface area (Å²) < 4.78 is 2.07. The van der Waals surface area contributed by atoms with Crippen molar-refractivity contribution in [2.75, 3.05) is 0 Å². The van der Waals surface area contributed by atoms with Crippen LogP contribution in [0.4, 0.5) is 0 Å². The quantitative estimate of drug-likeness (QED) is 0.581. The summed E-state index contributed by atoms with van der Waals surface area (Å²) in [6.07, 6.45) is 1.85. The van der Waals surface area contributed by atoms with Crippen molar-refractivity contribution in [3.8, 4) is 5.69 Å². The van der Waals surface area contributed by atoms with Gasteiger partial charge >= 0.3 is 0 Å². The Morgan fingerprint density at radius 3 is 2.67 bits per heavy atom. The van der Waals surface area contributed by atoms with Gasteiger partial charge in [0.2, 0.25) is 0 Å². The van der Waals surface area contributed by atoms with Gasteiger partial charge in [-0.05, 0) is 30.3 Å². The zero-order valence-electron chi connectivity index (χ0n) is 8.09. The van der Waals surface area contributed by atoms with E-state index in [9.17, 15) is 0 Å². The molecule has 2 heteroatoms. The number of fused-ring (bicyclic) bond motifs is 1. The number of aromatic nitrogens is 2. The predicted octanol–water partition coefficient (Wildman–Crippen LogP) is 2.83. The van der Waals surface area contributed by atoms with E-state index < -0.39 is 0 Å². The smallest absolute Gasteiger partial charge is 0.100 e. The highest BCUT2D eigenvalue weighted by Crippen LogP contribution is 2.16. The Morgan fingerprint density at radius 2 is 1.80 bits per heavy atom. The third-order valence-electron chi connectivity index (χ3n) is 2.43. The molecule has 0 spiro atoms. The van der Waals surface area contributed by atoms with Crippen molar-refractivity contribution in [1.82, 2.24) is 9.55 Å². The molecule has 15 heavy (non-hydrogen) atoms. The molecule has 0 aliphatic carbocycles. The highest BCUT2D eigenvalue weighted by Gasteiger charge is 2.01. The van der Waals surface area contributed by atoms with Crippen LogP contribution < -0.4 is 0 Å². The Labute approximate surface area is 87.8 Å². The standard InChI is InChI=1S/C13H9N2/c1-2-6-11(7-3-1)15-10-14-12-8-4-5-9-13(12)15/h2-10H. The van der Waals surface area contributed by atoms with Crippen LogP contribution in [0.3, 0.4) is 0 Å². The van der Waals surface area contributed by atoms with E-state index in [0.29, 0.717) is 0 Å². The van der Waals surface area contributed by atoms with E-state index in [1.807, 2.05) is 48.8 Å². The minimum Gasteiger partial charge on any atom is -0.299 e. The molecular weight excluding hydrogens is 184 g/mol. The first-order valence-electron chi connectivity index (χ1n) is 4.84. The number of hydrogen-bond donors (Lipinski definition) is 0. The number of rotatable bonds is 1. The van der Waals surface area contributed by atoms with Crippen molar-refractivity contribution < 1.29 is 0 Å². The highest BCUT2D eigenvalue weighted by molar-refractivity contribution is 5.77. The lowest BCUT2D eigenvalue weighted by Crippen LogP contribution is -1.90. The van der Waals surface area contributed by atoms with E-state index >= 15 is 0 Å². The van der Waals surface area contributed by atoms with E-state index in [1.54, 1.807) is 0 Å². The lowest BCUT2D eigenvalue weighted by molar-refractivity contribution is 1.09. The first kappa shape index (κ1) is 8.24. The molecule has 3 aromatic rings. The summed E-state index contributed by atoms with van der Waals surface area (Å²) in [6, 6.07) is 19.0. The van der Waals surface area contributed by atoms with Crippen molar-refractivity contribution in [3.63, 3.8) is 0 Å². The fraction of sp³-hybridized carbons (Fsp3) is 0. The molecule has 0 saturated carbocycles. The second-order valence-corrected chi connectivity index (χ2v) is 3.36. The number of para-hydroxylation sites is 2. The molecule has 0 bridgehead atoms. The van der Waals surface area contributed by atoms with Crippen LogP contribution in [0.1, 0.15) is 0 Å². The van der Waals surface area contributed by atoms with Crippen LogP contribution in [0.15, 0.2) is 54.9 Å². The molecule has 0 aliphatic rings. The van der Waals surface area contributed by atoms with Crippen LogP contribution in [0.2, 0.25) is 0 Å². The zero-order valence-corrected chi connectivity index (χ0v) is 8.09. The highest BCUT2D eigenvalue weighted by atomic mass is 15.0. The van der Waals surface area contributed by atoms with Gasteiger partial charge in [-0.2, -0.15) is 0 Å². The fourth-order valence-electron chi connectivity index (χ4n) is 1.70. The molecule has 0 saturated heterocycles. The molecule has 0 unspecified atom stereocenters. The molecule has 1 radical (unpaired) electrons. The number of benzene rings is 2. The van der Waals surface area contributed by atoms with Crippen LogP contribution in [-0.4, -0.2) is 9.55 Å². The van der Waals surface area contributed by atoms with Gasteiger partial charge in [0, 0.05) is 5.69 Å². The first-order chi connectivity index (χ1) is 7.45. The predicted molar refractivity (Wildman–Crippen MR) is 59.9 cm³/mol. The Bertz CT molecular complexity index is 582. The van der Waals surface area contributed by atoms with Gasteiger partial charge in [-0.1, -0.05) is 24.3 Å². The van der Waals surface area contributed by atoms with Crippen LogP contribution in [0.5, 0.6) is 0 Å². The van der Waals surface area contributed by atoms with Crippen LogP contribution in [0.25, 0.3) is 16.7 Å². The topological polar surface area (TPSA) is 17.8 Å². The Balaban J connectivity index is 2.28. The normalized spacial score (nSPS) is 10.7. The summed E-state index contributed by atoms with van der Waals surface area (Å²) in [5.41, 5.74) is 3.26. The van der Waals surface area contributed by atoms with Gasteiger partial charge in [-0.15, -0.1) is 0 Å². The van der Waals surface area contributed by atoms with Crippen LogP contribution in [-0.2, 0) is 0 Å². The molecule has 0 N–H and O–H groups in total. The summed E-state index contributed by atoms with van der Waals surface area (Å²) in [4.78, 5) is 4.35. The molecule has 0 fully saturated rings. The number of imidazole rings is 1. The van der Waals surface area contributed by atoms with Gasteiger partial charge in [0.05, 0.1) is 11.0 Å². The summed E-state index contributed by atoms with van der Waals surface area (Å²) in [5.74, 6) is 0. The van der Waals surface area contributed by atoms with Crippen molar-refractivity contribution >= 4 is 11.0 Å². The van der Waals surface area contributed by atoms with Crippen molar-refractivity contribution in [3.05, 3.63) is 60.9 Å². The maximum Gasteiger partial charge on any atom is 0.100 e. The number of nitrogens with zero attached hydrogens (tertiary/aromatic N) is 2. The Kier molecular flexibility index (Phi) is 1.78. The molecule has 1 heterocycles. The molecule has 2 nitrogen and oxygen atoms in total. The monoisotopic (exact) mass is 193 g/mol. The fourth-order valence-corrected chi connectivity index (χ4v) is 1.70. The summed E-state index contributed by atoms with van der Waals surface area (Å²) in [7, 11) is 0. The lowest BCUT2D eigenvalue weighted by Gasteiger charge is -2.02. The maximum absolute atomic E-state index is 4.35. The second kappa shape index (κ2) is 3.24. The summed E-state index contributed by atoms with van der Waals surface area (Å²) in [6.45, 7) is 0. The van der Waals surface area contributed by atoms with Gasteiger partial charge in [0.15, 0.2) is 0 Å². The van der Waals surface area contributed by atoms with E-state index in [-0.39, 0.29) is 0 Å². The van der Waals surface area contributed by atoms with Gasteiger partial charge < -0.3 is 0 Å². The van der Waals surface area contributed by atoms with Crippen LogP contribution >= 0.6 is 0 Å². The molecule has 0 atom stereocenters. The van der Waals surface area contributed by atoms with Gasteiger partial charge in [-0.3, -0.25) is 4.57 Å². The minimum absolute atomic E-state index is 1.02. The SMILES string of the molecule is [c]1ccc(-n2cnc3ccccc32)cc1. The molecule has 0 aliphatic heterocycles. The Hall–Kier alpha value is -2.09. The maximum atomic E-state index is 4.35. The van der Waals surface area contributed by atoms with Gasteiger partial charge in [0.25, 0.3) is 0 Å². The minimum atomic E-state index is 1.02. The van der Waals surface area contributed by atoms with Crippen molar-refractivity contribution in [1.29, 1.82) is 0 Å². The van der Waals surface area contributed by atoms with Crippen LogP contribution in [0, 0.1) is 6.07 Å². The third kappa shape index (κ3) is 1.31. The van der Waals surface area contributed by atoms with E-state index in [4.69, 9.17) is 0 Å². The van der Waals surface area contributed by atoms with E-state index in [1.165, 1.54) is 0 Å². The summed E-state index contributed by atoms with van der Waals surface area (Å²) >= 11 is 0. The largest absolute Gasteiger partial charge is 0.299 e. The zero-order chi connectivity index (χ0) is 10.1. The lowest BCUT2D eigenvalue weighted by atomic mass is 10.3. The molecule has 3 rings (SSSR count). The number of hydrogen-bond acceptors (Lipinski definition) is 1. The van der Waals surface area contributed by atoms with Gasteiger partial charge in [0.1, 0.15) is 6.33 Å². The Morgan fingerprint density at radius 1 is 1.00 bits per heavy atom. The molecule has 2 aromatic carbocycles. The molecule has 71 valence electrons. The van der Waals surface area contributed by atoms with Gasteiger partial charge in [-0.25, -0.2) is 4.98 Å². The molecule has 1 aromatic heterocycles. The van der Waals surface area contributed by atoms with E-state index in [2.05, 4.69) is 21.7 Å². The second-order valence-electron chi connectivity index (χ2n) is 3.36.